The number of carbonyl (C=O) groups is 1. The van der Waals surface area contributed by atoms with Crippen LogP contribution in [0.15, 0.2) is 6.20 Å². The number of aryl methyl sites for hydroxylation is 1. The molecule has 0 saturated carbocycles. The van der Waals surface area contributed by atoms with Crippen molar-refractivity contribution in [3.05, 3.63) is 16.1 Å². The van der Waals surface area contributed by atoms with Gasteiger partial charge in [0.2, 0.25) is 5.91 Å². The summed E-state index contributed by atoms with van der Waals surface area (Å²) in [5, 5.41) is 7.39. The van der Waals surface area contributed by atoms with Crippen molar-refractivity contribution in [1.29, 1.82) is 0 Å². The minimum Gasteiger partial charge on any atom is -0.351 e. The number of amides is 1. The molecule has 1 fully saturated rings. The van der Waals surface area contributed by atoms with E-state index in [9.17, 15) is 4.79 Å². The molecule has 4 nitrogen and oxygen atoms in total. The first-order valence-electron chi connectivity index (χ1n) is 6.15. The molecule has 0 bridgehead atoms. The number of nitrogens with zero attached hydrogens (tertiary/aromatic N) is 1. The van der Waals surface area contributed by atoms with Crippen molar-refractivity contribution in [2.24, 2.45) is 0 Å². The molecule has 1 saturated heterocycles. The molecule has 94 valence electrons. The van der Waals surface area contributed by atoms with Crippen LogP contribution in [0.25, 0.3) is 0 Å². The summed E-state index contributed by atoms with van der Waals surface area (Å²) < 4.78 is 0. The van der Waals surface area contributed by atoms with Crippen molar-refractivity contribution < 1.29 is 4.79 Å². The summed E-state index contributed by atoms with van der Waals surface area (Å²) >= 11 is 1.63. The van der Waals surface area contributed by atoms with Gasteiger partial charge in [0.1, 0.15) is 0 Å². The number of hydrogen-bond acceptors (Lipinski definition) is 4. The second-order valence-electron chi connectivity index (χ2n) is 4.45. The van der Waals surface area contributed by atoms with Crippen molar-refractivity contribution in [1.82, 2.24) is 15.6 Å². The summed E-state index contributed by atoms with van der Waals surface area (Å²) in [5.41, 5.74) is 0. The average Bonchev–Trinajstić information content (AvgIpc) is 2.95. The van der Waals surface area contributed by atoms with E-state index < -0.39 is 0 Å². The standard InChI is InChI=1S/C12H19N3OS/c1-9-14-7-11(17-9)8-15-12(16)5-4-10-3-2-6-13-10/h7,10,13H,2-6,8H2,1H3,(H,15,16). The van der Waals surface area contributed by atoms with Crippen LogP contribution in [0, 0.1) is 6.92 Å². The second kappa shape index (κ2) is 6.12. The normalized spacial score (nSPS) is 19.5. The predicted molar refractivity (Wildman–Crippen MR) is 69.0 cm³/mol. The van der Waals surface area contributed by atoms with E-state index >= 15 is 0 Å². The van der Waals surface area contributed by atoms with Gasteiger partial charge in [-0.25, -0.2) is 4.98 Å². The molecule has 17 heavy (non-hydrogen) atoms. The Morgan fingerprint density at radius 3 is 3.24 bits per heavy atom. The van der Waals surface area contributed by atoms with E-state index in [2.05, 4.69) is 15.6 Å². The molecule has 0 spiro atoms. The predicted octanol–water partition coefficient (Wildman–Crippen LogP) is 1.60. The van der Waals surface area contributed by atoms with Gasteiger partial charge in [-0.05, 0) is 32.7 Å². The van der Waals surface area contributed by atoms with Crippen molar-refractivity contribution in [2.75, 3.05) is 6.54 Å². The highest BCUT2D eigenvalue weighted by Crippen LogP contribution is 2.12. The maximum atomic E-state index is 11.6. The third-order valence-electron chi connectivity index (χ3n) is 3.01. The summed E-state index contributed by atoms with van der Waals surface area (Å²) in [6.07, 6.45) is 5.86. The van der Waals surface area contributed by atoms with E-state index in [1.807, 2.05) is 13.1 Å². The lowest BCUT2D eigenvalue weighted by Crippen LogP contribution is -2.26. The third kappa shape index (κ3) is 4.09. The molecule has 0 aliphatic carbocycles. The zero-order valence-corrected chi connectivity index (χ0v) is 11.0. The molecule has 1 aromatic heterocycles. The zero-order valence-electron chi connectivity index (χ0n) is 10.2. The maximum absolute atomic E-state index is 11.6. The lowest BCUT2D eigenvalue weighted by atomic mass is 10.1. The van der Waals surface area contributed by atoms with E-state index in [4.69, 9.17) is 0 Å². The first-order valence-corrected chi connectivity index (χ1v) is 6.97. The van der Waals surface area contributed by atoms with Gasteiger partial charge < -0.3 is 10.6 Å². The Balaban J connectivity index is 1.63. The number of hydrogen-bond donors (Lipinski definition) is 2. The molecule has 5 heteroatoms. The Kier molecular flexibility index (Phi) is 4.50. The monoisotopic (exact) mass is 253 g/mol. The summed E-state index contributed by atoms with van der Waals surface area (Å²) in [4.78, 5) is 16.9. The summed E-state index contributed by atoms with van der Waals surface area (Å²) in [7, 11) is 0. The second-order valence-corrected chi connectivity index (χ2v) is 5.77. The zero-order chi connectivity index (χ0) is 12.1. The molecular formula is C12H19N3OS. The van der Waals surface area contributed by atoms with E-state index in [1.54, 1.807) is 11.3 Å². The van der Waals surface area contributed by atoms with Gasteiger partial charge in [0.15, 0.2) is 0 Å². The molecule has 0 aromatic carbocycles. The van der Waals surface area contributed by atoms with Crippen molar-refractivity contribution in [3.8, 4) is 0 Å². The van der Waals surface area contributed by atoms with Gasteiger partial charge in [-0.15, -0.1) is 11.3 Å². The van der Waals surface area contributed by atoms with E-state index in [-0.39, 0.29) is 5.91 Å². The smallest absolute Gasteiger partial charge is 0.220 e. The number of carbonyl (C=O) groups excluding carboxylic acids is 1. The fraction of sp³-hybridized carbons (Fsp3) is 0.667. The molecule has 2 N–H and O–H groups in total. The van der Waals surface area contributed by atoms with Crippen molar-refractivity contribution in [3.63, 3.8) is 0 Å². The molecule has 1 amide bonds. The highest BCUT2D eigenvalue weighted by Gasteiger charge is 2.15. The minimum absolute atomic E-state index is 0.143. The van der Waals surface area contributed by atoms with Crippen LogP contribution >= 0.6 is 11.3 Å². The Morgan fingerprint density at radius 2 is 2.59 bits per heavy atom. The maximum Gasteiger partial charge on any atom is 0.220 e. The fourth-order valence-corrected chi connectivity index (χ4v) is 2.80. The molecule has 1 aliphatic rings. The van der Waals surface area contributed by atoms with E-state index in [1.165, 1.54) is 12.8 Å². The van der Waals surface area contributed by atoms with Gasteiger partial charge >= 0.3 is 0 Å². The van der Waals surface area contributed by atoms with Crippen LogP contribution in [-0.4, -0.2) is 23.5 Å². The Bertz CT molecular complexity index is 372. The first kappa shape index (κ1) is 12.5. The van der Waals surface area contributed by atoms with Crippen LogP contribution in [0.2, 0.25) is 0 Å². The molecule has 1 aromatic rings. The molecule has 2 heterocycles. The Hall–Kier alpha value is -0.940. The van der Waals surface area contributed by atoms with Gasteiger partial charge in [0, 0.05) is 23.5 Å². The molecule has 1 atom stereocenters. The van der Waals surface area contributed by atoms with E-state index in [0.29, 0.717) is 19.0 Å². The van der Waals surface area contributed by atoms with E-state index in [0.717, 1.165) is 22.9 Å². The van der Waals surface area contributed by atoms with Gasteiger partial charge in [0.25, 0.3) is 0 Å². The molecule has 2 rings (SSSR count). The molecule has 1 aliphatic heterocycles. The highest BCUT2D eigenvalue weighted by molar-refractivity contribution is 7.11. The summed E-state index contributed by atoms with van der Waals surface area (Å²) in [6.45, 7) is 3.69. The highest BCUT2D eigenvalue weighted by atomic mass is 32.1. The van der Waals surface area contributed by atoms with Gasteiger partial charge in [-0.1, -0.05) is 0 Å². The molecular weight excluding hydrogens is 234 g/mol. The van der Waals surface area contributed by atoms with Gasteiger partial charge in [-0.3, -0.25) is 4.79 Å². The molecule has 0 radical (unpaired) electrons. The average molecular weight is 253 g/mol. The van der Waals surface area contributed by atoms with Crippen LogP contribution in [0.3, 0.4) is 0 Å². The largest absolute Gasteiger partial charge is 0.351 e. The first-order chi connectivity index (χ1) is 8.24. The lowest BCUT2D eigenvalue weighted by molar-refractivity contribution is -0.121. The number of thiazole rings is 1. The van der Waals surface area contributed by atoms with Crippen LogP contribution < -0.4 is 10.6 Å². The SMILES string of the molecule is Cc1ncc(CNC(=O)CCC2CCCN2)s1. The summed E-state index contributed by atoms with van der Waals surface area (Å²) in [6, 6.07) is 0.548. The van der Waals surface area contributed by atoms with Crippen LogP contribution in [0.5, 0.6) is 0 Å². The van der Waals surface area contributed by atoms with Gasteiger partial charge in [-0.2, -0.15) is 0 Å². The number of nitrogens with one attached hydrogen (secondary N) is 2. The van der Waals surface area contributed by atoms with Crippen molar-refractivity contribution in [2.45, 2.75) is 45.2 Å². The van der Waals surface area contributed by atoms with Crippen LogP contribution in [-0.2, 0) is 11.3 Å². The topological polar surface area (TPSA) is 54.0 Å². The van der Waals surface area contributed by atoms with Crippen molar-refractivity contribution >= 4 is 17.2 Å². The minimum atomic E-state index is 0.143. The Labute approximate surface area is 106 Å². The van der Waals surface area contributed by atoms with Crippen LogP contribution in [0.4, 0.5) is 0 Å². The fourth-order valence-electron chi connectivity index (χ4n) is 2.07. The third-order valence-corrected chi connectivity index (χ3v) is 3.92. The quantitative estimate of drug-likeness (QED) is 0.838. The lowest BCUT2D eigenvalue weighted by Gasteiger charge is -2.09. The Morgan fingerprint density at radius 1 is 1.71 bits per heavy atom. The summed E-state index contributed by atoms with van der Waals surface area (Å²) in [5.74, 6) is 0.143. The van der Waals surface area contributed by atoms with Crippen LogP contribution in [0.1, 0.15) is 35.6 Å². The van der Waals surface area contributed by atoms with Gasteiger partial charge in [0.05, 0.1) is 11.6 Å². The number of aromatic nitrogens is 1. The number of rotatable bonds is 5. The molecule has 1 unspecified atom stereocenters.